The Bertz CT molecular complexity index is 207. The van der Waals surface area contributed by atoms with Crippen molar-refractivity contribution in [1.29, 1.82) is 0 Å². The molecule has 1 N–H and O–H groups in total. The molecular weight excluding hydrogens is 198 g/mol. The molecule has 1 unspecified atom stereocenters. The molecular formula is C14H27NO. The standard InChI is InChI=1S/C14H27NO/c1-3-5-6-7-8-9-13(16)14(4-2)10-11-15-12-14/h15H,3-12H2,1-2H3. The van der Waals surface area contributed by atoms with Gasteiger partial charge in [-0.3, -0.25) is 4.79 Å². The number of ketones is 1. The van der Waals surface area contributed by atoms with Gasteiger partial charge in [0.1, 0.15) is 5.78 Å². The number of Topliss-reactive ketones (excluding diaryl/α,β-unsaturated/α-hetero) is 1. The monoisotopic (exact) mass is 225 g/mol. The van der Waals surface area contributed by atoms with E-state index in [1.54, 1.807) is 0 Å². The second kappa shape index (κ2) is 7.05. The average molecular weight is 225 g/mol. The molecule has 2 nitrogen and oxygen atoms in total. The van der Waals surface area contributed by atoms with Gasteiger partial charge < -0.3 is 5.32 Å². The molecule has 1 saturated heterocycles. The minimum absolute atomic E-state index is 0.00917. The number of hydrogen-bond acceptors (Lipinski definition) is 2. The summed E-state index contributed by atoms with van der Waals surface area (Å²) in [5, 5.41) is 3.33. The zero-order valence-electron chi connectivity index (χ0n) is 11.0. The topological polar surface area (TPSA) is 29.1 Å². The highest BCUT2D eigenvalue weighted by Gasteiger charge is 2.38. The second-order valence-electron chi connectivity index (χ2n) is 5.15. The number of nitrogens with one attached hydrogen (secondary N) is 1. The van der Waals surface area contributed by atoms with Crippen molar-refractivity contribution in [3.63, 3.8) is 0 Å². The van der Waals surface area contributed by atoms with E-state index >= 15 is 0 Å². The maximum atomic E-state index is 12.2. The van der Waals surface area contributed by atoms with E-state index < -0.39 is 0 Å². The molecule has 1 heterocycles. The van der Waals surface area contributed by atoms with E-state index in [0.29, 0.717) is 5.78 Å². The van der Waals surface area contributed by atoms with Crippen molar-refractivity contribution < 1.29 is 4.79 Å². The minimum Gasteiger partial charge on any atom is -0.316 e. The fraction of sp³-hybridized carbons (Fsp3) is 0.929. The maximum Gasteiger partial charge on any atom is 0.140 e. The molecule has 1 fully saturated rings. The lowest BCUT2D eigenvalue weighted by Gasteiger charge is -2.24. The van der Waals surface area contributed by atoms with Crippen molar-refractivity contribution in [2.75, 3.05) is 13.1 Å². The summed E-state index contributed by atoms with van der Waals surface area (Å²) in [6.45, 7) is 6.32. The number of carbonyl (C=O) groups excluding carboxylic acids is 1. The van der Waals surface area contributed by atoms with Crippen molar-refractivity contribution in [2.24, 2.45) is 5.41 Å². The fourth-order valence-electron chi connectivity index (χ4n) is 2.63. The largest absolute Gasteiger partial charge is 0.316 e. The summed E-state index contributed by atoms with van der Waals surface area (Å²) in [6, 6.07) is 0. The Kier molecular flexibility index (Phi) is 6.04. The summed E-state index contributed by atoms with van der Waals surface area (Å²) < 4.78 is 0. The van der Waals surface area contributed by atoms with Crippen molar-refractivity contribution in [2.45, 2.75) is 65.2 Å². The fourth-order valence-corrected chi connectivity index (χ4v) is 2.63. The molecule has 0 amide bonds. The first-order valence-corrected chi connectivity index (χ1v) is 6.99. The first-order chi connectivity index (χ1) is 7.75. The summed E-state index contributed by atoms with van der Waals surface area (Å²) >= 11 is 0. The van der Waals surface area contributed by atoms with Gasteiger partial charge in [0.25, 0.3) is 0 Å². The summed E-state index contributed by atoms with van der Waals surface area (Å²) in [7, 11) is 0. The Labute approximate surface area is 100 Å². The van der Waals surface area contributed by atoms with E-state index in [0.717, 1.165) is 38.8 Å². The number of unbranched alkanes of at least 4 members (excludes halogenated alkanes) is 4. The van der Waals surface area contributed by atoms with Crippen LogP contribution in [0.15, 0.2) is 0 Å². The van der Waals surface area contributed by atoms with Crippen LogP contribution in [0.1, 0.15) is 65.2 Å². The third kappa shape index (κ3) is 3.58. The number of hydrogen-bond donors (Lipinski definition) is 1. The third-order valence-corrected chi connectivity index (χ3v) is 4.02. The highest BCUT2D eigenvalue weighted by atomic mass is 16.1. The maximum absolute atomic E-state index is 12.2. The lowest BCUT2D eigenvalue weighted by Crippen LogP contribution is -2.32. The Balaban J connectivity index is 2.22. The van der Waals surface area contributed by atoms with Crippen LogP contribution < -0.4 is 5.32 Å². The van der Waals surface area contributed by atoms with Crippen LogP contribution in [0.3, 0.4) is 0 Å². The molecule has 16 heavy (non-hydrogen) atoms. The van der Waals surface area contributed by atoms with E-state index in [1.807, 2.05) is 0 Å². The predicted molar refractivity (Wildman–Crippen MR) is 68.6 cm³/mol. The molecule has 0 saturated carbocycles. The highest BCUT2D eigenvalue weighted by Crippen LogP contribution is 2.32. The molecule has 1 aliphatic rings. The Morgan fingerprint density at radius 3 is 2.50 bits per heavy atom. The zero-order valence-corrected chi connectivity index (χ0v) is 11.0. The minimum atomic E-state index is -0.00917. The van der Waals surface area contributed by atoms with Gasteiger partial charge in [0.2, 0.25) is 0 Å². The van der Waals surface area contributed by atoms with Crippen molar-refractivity contribution in [3.8, 4) is 0 Å². The molecule has 0 aromatic rings. The molecule has 1 aliphatic heterocycles. The summed E-state index contributed by atoms with van der Waals surface area (Å²) in [5.74, 6) is 0.511. The van der Waals surface area contributed by atoms with Crippen LogP contribution in [0.4, 0.5) is 0 Å². The summed E-state index contributed by atoms with van der Waals surface area (Å²) in [5.41, 5.74) is -0.00917. The summed E-state index contributed by atoms with van der Waals surface area (Å²) in [4.78, 5) is 12.2. The van der Waals surface area contributed by atoms with E-state index in [-0.39, 0.29) is 5.41 Å². The van der Waals surface area contributed by atoms with Crippen LogP contribution in [0.2, 0.25) is 0 Å². The van der Waals surface area contributed by atoms with Gasteiger partial charge in [0.05, 0.1) is 0 Å². The average Bonchev–Trinajstić information content (AvgIpc) is 2.78. The molecule has 2 heteroatoms. The molecule has 0 bridgehead atoms. The van der Waals surface area contributed by atoms with Gasteiger partial charge >= 0.3 is 0 Å². The highest BCUT2D eigenvalue weighted by molar-refractivity contribution is 5.85. The number of carbonyl (C=O) groups is 1. The van der Waals surface area contributed by atoms with E-state index in [9.17, 15) is 4.79 Å². The van der Waals surface area contributed by atoms with Crippen LogP contribution in [0.5, 0.6) is 0 Å². The molecule has 1 rings (SSSR count). The SMILES string of the molecule is CCCCCCCC(=O)C1(CC)CCNC1. The normalized spacial score (nSPS) is 24.9. The van der Waals surface area contributed by atoms with Gasteiger partial charge in [0.15, 0.2) is 0 Å². The zero-order chi connectivity index (χ0) is 11.9. The first kappa shape index (κ1) is 13.7. The Morgan fingerprint density at radius 2 is 1.94 bits per heavy atom. The Morgan fingerprint density at radius 1 is 1.19 bits per heavy atom. The van der Waals surface area contributed by atoms with Gasteiger partial charge in [-0.05, 0) is 25.8 Å². The van der Waals surface area contributed by atoms with Crippen LogP contribution in [-0.2, 0) is 4.79 Å². The van der Waals surface area contributed by atoms with Crippen LogP contribution in [0, 0.1) is 5.41 Å². The van der Waals surface area contributed by atoms with Gasteiger partial charge in [-0.25, -0.2) is 0 Å². The first-order valence-electron chi connectivity index (χ1n) is 6.99. The smallest absolute Gasteiger partial charge is 0.140 e. The van der Waals surface area contributed by atoms with Crippen molar-refractivity contribution >= 4 is 5.78 Å². The number of rotatable bonds is 8. The lowest BCUT2D eigenvalue weighted by molar-refractivity contribution is -0.128. The van der Waals surface area contributed by atoms with Crippen LogP contribution in [-0.4, -0.2) is 18.9 Å². The van der Waals surface area contributed by atoms with Crippen molar-refractivity contribution in [3.05, 3.63) is 0 Å². The lowest BCUT2D eigenvalue weighted by atomic mass is 9.78. The van der Waals surface area contributed by atoms with Crippen LogP contribution in [0.25, 0.3) is 0 Å². The summed E-state index contributed by atoms with van der Waals surface area (Å²) in [6.07, 6.45) is 9.07. The second-order valence-corrected chi connectivity index (χ2v) is 5.15. The van der Waals surface area contributed by atoms with Crippen molar-refractivity contribution in [1.82, 2.24) is 5.32 Å². The third-order valence-electron chi connectivity index (χ3n) is 4.02. The van der Waals surface area contributed by atoms with E-state index in [4.69, 9.17) is 0 Å². The molecule has 0 aliphatic carbocycles. The molecule has 1 atom stereocenters. The molecule has 0 aromatic carbocycles. The van der Waals surface area contributed by atoms with Gasteiger partial charge in [-0.1, -0.05) is 39.5 Å². The molecule has 0 radical (unpaired) electrons. The van der Waals surface area contributed by atoms with Gasteiger partial charge in [0, 0.05) is 18.4 Å². The Hall–Kier alpha value is -0.370. The molecule has 94 valence electrons. The van der Waals surface area contributed by atoms with Gasteiger partial charge in [-0.15, -0.1) is 0 Å². The molecule has 0 spiro atoms. The van der Waals surface area contributed by atoms with E-state index in [1.165, 1.54) is 25.7 Å². The predicted octanol–water partition coefficient (Wildman–Crippen LogP) is 3.31. The quantitative estimate of drug-likeness (QED) is 0.642. The van der Waals surface area contributed by atoms with Gasteiger partial charge in [-0.2, -0.15) is 0 Å². The van der Waals surface area contributed by atoms with E-state index in [2.05, 4.69) is 19.2 Å². The van der Waals surface area contributed by atoms with Crippen LogP contribution >= 0.6 is 0 Å². The molecule has 0 aromatic heterocycles.